The Balaban J connectivity index is 1.58. The maximum absolute atomic E-state index is 12.9. The summed E-state index contributed by atoms with van der Waals surface area (Å²) < 4.78 is 5.37. The van der Waals surface area contributed by atoms with Crippen molar-refractivity contribution in [1.82, 2.24) is 20.3 Å². The minimum Gasteiger partial charge on any atom is -0.359 e. The average Bonchev–Trinajstić information content (AvgIpc) is 3.33. The Hall–Kier alpha value is -2.41. The highest BCUT2D eigenvalue weighted by molar-refractivity contribution is 7.15. The Morgan fingerprint density at radius 2 is 2.25 bits per heavy atom. The average molecular weight is 342 g/mol. The molecular formula is C17H18N4O2S. The number of aryl methyl sites for hydroxylation is 2. The summed E-state index contributed by atoms with van der Waals surface area (Å²) in [5.41, 5.74) is 2.15. The minimum atomic E-state index is -0.0673. The van der Waals surface area contributed by atoms with Gasteiger partial charge in [0.05, 0.1) is 22.3 Å². The molecule has 4 heterocycles. The van der Waals surface area contributed by atoms with Crippen molar-refractivity contribution < 1.29 is 9.32 Å². The van der Waals surface area contributed by atoms with E-state index in [1.165, 1.54) is 4.88 Å². The summed E-state index contributed by atoms with van der Waals surface area (Å²) in [5.74, 6) is 0.685. The largest absolute Gasteiger partial charge is 0.359 e. The summed E-state index contributed by atoms with van der Waals surface area (Å²) in [6.07, 6.45) is 1.85. The van der Waals surface area contributed by atoms with Crippen molar-refractivity contribution in [3.05, 3.63) is 46.3 Å². The molecule has 1 amide bonds. The molecule has 4 rings (SSSR count). The van der Waals surface area contributed by atoms with Crippen LogP contribution in [0.5, 0.6) is 0 Å². The lowest BCUT2D eigenvalue weighted by Crippen LogP contribution is -2.30. The van der Waals surface area contributed by atoms with Gasteiger partial charge in [-0.3, -0.25) is 9.89 Å². The number of thiophene rings is 1. The van der Waals surface area contributed by atoms with Gasteiger partial charge < -0.3 is 9.42 Å². The second-order valence-electron chi connectivity index (χ2n) is 6.10. The third kappa shape index (κ3) is 2.65. The molecule has 1 aliphatic rings. The number of carbonyl (C=O) groups is 1. The molecule has 1 fully saturated rings. The van der Waals surface area contributed by atoms with Gasteiger partial charge in [-0.2, -0.15) is 5.10 Å². The van der Waals surface area contributed by atoms with Crippen LogP contribution in [0.15, 0.2) is 28.8 Å². The summed E-state index contributed by atoms with van der Waals surface area (Å²) in [6.45, 7) is 4.66. The number of rotatable bonds is 3. The Labute approximate surface area is 143 Å². The molecule has 1 N–H and O–H groups in total. The van der Waals surface area contributed by atoms with E-state index in [1.54, 1.807) is 11.3 Å². The molecule has 7 heteroatoms. The van der Waals surface area contributed by atoms with Crippen LogP contribution < -0.4 is 0 Å². The molecule has 6 nitrogen and oxygen atoms in total. The third-order valence-corrected chi connectivity index (χ3v) is 5.33. The third-order valence-electron chi connectivity index (χ3n) is 4.29. The van der Waals surface area contributed by atoms with E-state index < -0.39 is 0 Å². The van der Waals surface area contributed by atoms with Crippen molar-refractivity contribution >= 4 is 17.2 Å². The Bertz CT molecular complexity index is 879. The van der Waals surface area contributed by atoms with Gasteiger partial charge in [0.2, 0.25) is 0 Å². The first-order valence-electron chi connectivity index (χ1n) is 7.98. The standard InChI is InChI=1S/C17H18N4O2S/c1-10-8-15(23-20-10)14-4-3-7-21(14)17(22)13-9-12(18-19-13)16-6-5-11(2)24-16/h5-6,8-9,14H,3-4,7H2,1-2H3,(H,18,19)/t14-/m0/s1. The maximum atomic E-state index is 12.9. The van der Waals surface area contributed by atoms with Crippen LogP contribution in [0.1, 0.15) is 45.7 Å². The number of carbonyl (C=O) groups excluding carboxylic acids is 1. The summed E-state index contributed by atoms with van der Waals surface area (Å²) in [4.78, 5) is 17.0. The molecule has 3 aromatic heterocycles. The zero-order valence-corrected chi connectivity index (χ0v) is 14.4. The first-order valence-corrected chi connectivity index (χ1v) is 8.80. The lowest BCUT2D eigenvalue weighted by atomic mass is 10.1. The van der Waals surface area contributed by atoms with Crippen molar-refractivity contribution in [1.29, 1.82) is 0 Å². The molecule has 0 unspecified atom stereocenters. The van der Waals surface area contributed by atoms with Gasteiger partial charge in [-0.1, -0.05) is 5.16 Å². The first-order chi connectivity index (χ1) is 11.6. The van der Waals surface area contributed by atoms with Crippen molar-refractivity contribution in [3.63, 3.8) is 0 Å². The summed E-state index contributed by atoms with van der Waals surface area (Å²) in [5, 5.41) is 11.1. The first kappa shape index (κ1) is 15.1. The van der Waals surface area contributed by atoms with E-state index in [0.29, 0.717) is 12.2 Å². The van der Waals surface area contributed by atoms with Gasteiger partial charge in [0.25, 0.3) is 5.91 Å². The highest BCUT2D eigenvalue weighted by atomic mass is 32.1. The molecular weight excluding hydrogens is 324 g/mol. The molecule has 1 aliphatic heterocycles. The fourth-order valence-electron chi connectivity index (χ4n) is 3.13. The van der Waals surface area contributed by atoms with E-state index in [4.69, 9.17) is 4.52 Å². The smallest absolute Gasteiger partial charge is 0.274 e. The van der Waals surface area contributed by atoms with Crippen LogP contribution in [0.3, 0.4) is 0 Å². The van der Waals surface area contributed by atoms with Crippen LogP contribution in [0.2, 0.25) is 0 Å². The van der Waals surface area contributed by atoms with E-state index in [9.17, 15) is 4.79 Å². The van der Waals surface area contributed by atoms with Gasteiger partial charge in [0.15, 0.2) is 11.5 Å². The lowest BCUT2D eigenvalue weighted by Gasteiger charge is -2.21. The monoisotopic (exact) mass is 342 g/mol. The lowest BCUT2D eigenvalue weighted by molar-refractivity contribution is 0.0708. The SMILES string of the molecule is Cc1cc([C@@H]2CCCN2C(=O)c2cc(-c3ccc(C)s3)[nH]n2)on1. The number of H-pyrrole nitrogens is 1. The van der Waals surface area contributed by atoms with Crippen LogP contribution in [-0.4, -0.2) is 32.7 Å². The molecule has 0 spiro atoms. The van der Waals surface area contributed by atoms with Crippen LogP contribution in [0.4, 0.5) is 0 Å². The van der Waals surface area contributed by atoms with Gasteiger partial charge in [0, 0.05) is 17.5 Å². The van der Waals surface area contributed by atoms with Gasteiger partial charge in [-0.25, -0.2) is 0 Å². The molecule has 0 aliphatic carbocycles. The summed E-state index contributed by atoms with van der Waals surface area (Å²) >= 11 is 1.68. The van der Waals surface area contributed by atoms with Crippen molar-refractivity contribution in [3.8, 4) is 10.6 Å². The zero-order chi connectivity index (χ0) is 16.7. The van der Waals surface area contributed by atoms with Crippen LogP contribution >= 0.6 is 11.3 Å². The fraction of sp³-hybridized carbons (Fsp3) is 0.353. The summed E-state index contributed by atoms with van der Waals surface area (Å²) in [6, 6.07) is 7.78. The molecule has 1 atom stereocenters. The number of nitrogens with zero attached hydrogens (tertiary/aromatic N) is 3. The van der Waals surface area contributed by atoms with Gasteiger partial charge in [0.1, 0.15) is 0 Å². The van der Waals surface area contributed by atoms with E-state index in [0.717, 1.165) is 34.9 Å². The van der Waals surface area contributed by atoms with E-state index >= 15 is 0 Å². The highest BCUT2D eigenvalue weighted by Gasteiger charge is 2.34. The Morgan fingerprint density at radius 3 is 2.96 bits per heavy atom. The van der Waals surface area contributed by atoms with Crippen LogP contribution in [0, 0.1) is 13.8 Å². The molecule has 24 heavy (non-hydrogen) atoms. The van der Waals surface area contributed by atoms with Gasteiger partial charge in [-0.05, 0) is 44.9 Å². The number of aromatic nitrogens is 3. The second-order valence-corrected chi connectivity index (χ2v) is 7.39. The quantitative estimate of drug-likeness (QED) is 0.787. The zero-order valence-electron chi connectivity index (χ0n) is 13.6. The Morgan fingerprint density at radius 1 is 1.38 bits per heavy atom. The predicted octanol–water partition coefficient (Wildman–Crippen LogP) is 3.72. The number of aromatic amines is 1. The highest BCUT2D eigenvalue weighted by Crippen LogP contribution is 2.34. The number of hydrogen-bond donors (Lipinski definition) is 1. The topological polar surface area (TPSA) is 75.0 Å². The van der Waals surface area contributed by atoms with Crippen LogP contribution in [0.25, 0.3) is 10.6 Å². The normalized spacial score (nSPS) is 17.6. The van der Waals surface area contributed by atoms with E-state index in [1.807, 2.05) is 30.0 Å². The molecule has 1 saturated heterocycles. The molecule has 0 saturated carbocycles. The number of nitrogens with one attached hydrogen (secondary N) is 1. The second kappa shape index (κ2) is 5.90. The van der Waals surface area contributed by atoms with Crippen LogP contribution in [-0.2, 0) is 0 Å². The maximum Gasteiger partial charge on any atom is 0.274 e. The van der Waals surface area contributed by atoms with Gasteiger partial charge >= 0.3 is 0 Å². The molecule has 0 radical (unpaired) electrons. The predicted molar refractivity (Wildman–Crippen MR) is 90.9 cm³/mol. The van der Waals surface area contributed by atoms with E-state index in [2.05, 4.69) is 28.3 Å². The minimum absolute atomic E-state index is 0.0529. The van der Waals surface area contributed by atoms with Crippen molar-refractivity contribution in [2.75, 3.05) is 6.54 Å². The molecule has 3 aromatic rings. The molecule has 0 bridgehead atoms. The molecule has 124 valence electrons. The van der Waals surface area contributed by atoms with Gasteiger partial charge in [-0.15, -0.1) is 11.3 Å². The van der Waals surface area contributed by atoms with Crippen molar-refractivity contribution in [2.24, 2.45) is 0 Å². The van der Waals surface area contributed by atoms with Crippen molar-refractivity contribution in [2.45, 2.75) is 32.7 Å². The number of amides is 1. The van der Waals surface area contributed by atoms with E-state index in [-0.39, 0.29) is 11.9 Å². The Kier molecular flexibility index (Phi) is 3.72. The summed E-state index contributed by atoms with van der Waals surface area (Å²) in [7, 11) is 0. The molecule has 0 aromatic carbocycles. The number of likely N-dealkylation sites (tertiary alicyclic amines) is 1. The number of hydrogen-bond acceptors (Lipinski definition) is 5. The fourth-order valence-corrected chi connectivity index (χ4v) is 3.96.